The number of carbonyl (C=O) groups is 3. The molecule has 2 aliphatic rings. The molecule has 1 unspecified atom stereocenters. The van der Waals surface area contributed by atoms with Crippen molar-refractivity contribution in [1.82, 2.24) is 15.5 Å². The lowest BCUT2D eigenvalue weighted by atomic mass is 9.87. The van der Waals surface area contributed by atoms with Gasteiger partial charge in [0, 0.05) is 31.1 Å². The summed E-state index contributed by atoms with van der Waals surface area (Å²) in [5.41, 5.74) is 0.469. The van der Waals surface area contributed by atoms with E-state index in [9.17, 15) is 14.4 Å². The molecule has 1 aromatic rings. The maximum absolute atomic E-state index is 12.8. The van der Waals surface area contributed by atoms with Gasteiger partial charge in [-0.3, -0.25) is 14.4 Å². The summed E-state index contributed by atoms with van der Waals surface area (Å²) >= 11 is 0. The number of nitrogens with one attached hydrogen (secondary N) is 2. The van der Waals surface area contributed by atoms with Crippen LogP contribution in [0.4, 0.5) is 0 Å². The summed E-state index contributed by atoms with van der Waals surface area (Å²) in [5, 5.41) is 5.73. The second-order valence-electron chi connectivity index (χ2n) is 8.36. The van der Waals surface area contributed by atoms with Crippen LogP contribution in [0.1, 0.15) is 48.9 Å². The quantitative estimate of drug-likeness (QED) is 0.624. The van der Waals surface area contributed by atoms with Crippen molar-refractivity contribution in [2.75, 3.05) is 26.7 Å². The molecule has 1 aromatic carbocycles. The summed E-state index contributed by atoms with van der Waals surface area (Å²) in [6.07, 6.45) is 7.24. The molecule has 3 rings (SSSR count). The molecule has 0 aromatic heterocycles. The van der Waals surface area contributed by atoms with Crippen molar-refractivity contribution in [3.05, 3.63) is 42.5 Å². The Morgan fingerprint density at radius 1 is 1.13 bits per heavy atom. The summed E-state index contributed by atoms with van der Waals surface area (Å²) in [4.78, 5) is 40.3. The number of likely N-dealkylation sites (tertiary alicyclic amines) is 1. The van der Waals surface area contributed by atoms with Crippen LogP contribution >= 0.6 is 0 Å². The van der Waals surface area contributed by atoms with Gasteiger partial charge >= 0.3 is 0 Å². The third-order valence-electron chi connectivity index (χ3n) is 6.37. The van der Waals surface area contributed by atoms with E-state index in [-0.39, 0.29) is 29.6 Å². The Labute approximate surface area is 184 Å². The van der Waals surface area contributed by atoms with Crippen LogP contribution in [-0.4, -0.2) is 55.4 Å². The van der Waals surface area contributed by atoms with Crippen molar-refractivity contribution in [1.29, 1.82) is 0 Å². The zero-order valence-electron chi connectivity index (χ0n) is 18.3. The Hall–Kier alpha value is -2.83. The van der Waals surface area contributed by atoms with E-state index in [0.717, 1.165) is 25.7 Å². The number of rotatable bonds is 8. The van der Waals surface area contributed by atoms with Crippen LogP contribution in [0, 0.1) is 11.8 Å². The lowest BCUT2D eigenvalue weighted by molar-refractivity contribution is -0.137. The van der Waals surface area contributed by atoms with E-state index in [2.05, 4.69) is 17.2 Å². The van der Waals surface area contributed by atoms with Crippen LogP contribution in [0.3, 0.4) is 0 Å². The van der Waals surface area contributed by atoms with Gasteiger partial charge in [-0.1, -0.05) is 18.9 Å². The highest BCUT2D eigenvalue weighted by Gasteiger charge is 2.35. The second-order valence-corrected chi connectivity index (χ2v) is 8.36. The Bertz CT molecular complexity index is 779. The first-order valence-electron chi connectivity index (χ1n) is 11.2. The van der Waals surface area contributed by atoms with Gasteiger partial charge in [0.1, 0.15) is 11.8 Å². The van der Waals surface area contributed by atoms with E-state index in [4.69, 9.17) is 4.74 Å². The minimum Gasteiger partial charge on any atom is -0.497 e. The molecular weight excluding hydrogens is 394 g/mol. The summed E-state index contributed by atoms with van der Waals surface area (Å²) in [7, 11) is 1.57. The van der Waals surface area contributed by atoms with Crippen LogP contribution in [0.25, 0.3) is 0 Å². The van der Waals surface area contributed by atoms with Crippen LogP contribution in [0.2, 0.25) is 0 Å². The van der Waals surface area contributed by atoms with Gasteiger partial charge in [0.15, 0.2) is 0 Å². The molecule has 31 heavy (non-hydrogen) atoms. The molecule has 7 heteroatoms. The third kappa shape index (κ3) is 5.87. The van der Waals surface area contributed by atoms with Gasteiger partial charge in [0.25, 0.3) is 5.91 Å². The predicted molar refractivity (Wildman–Crippen MR) is 119 cm³/mol. The van der Waals surface area contributed by atoms with Gasteiger partial charge in [0.2, 0.25) is 11.8 Å². The fourth-order valence-corrected chi connectivity index (χ4v) is 4.53. The zero-order valence-corrected chi connectivity index (χ0v) is 18.3. The first-order chi connectivity index (χ1) is 15.0. The van der Waals surface area contributed by atoms with Crippen molar-refractivity contribution in [2.45, 2.75) is 44.6 Å². The number of nitrogens with zero attached hydrogens (tertiary/aromatic N) is 1. The molecule has 1 saturated carbocycles. The molecular formula is C24H33N3O4. The number of piperidine rings is 1. The van der Waals surface area contributed by atoms with E-state index in [1.807, 2.05) is 4.90 Å². The van der Waals surface area contributed by atoms with Crippen molar-refractivity contribution >= 4 is 17.7 Å². The summed E-state index contributed by atoms with van der Waals surface area (Å²) in [6.45, 7) is 5.24. The smallest absolute Gasteiger partial charge is 0.251 e. The second kappa shape index (κ2) is 11.0. The highest BCUT2D eigenvalue weighted by Crippen LogP contribution is 2.29. The van der Waals surface area contributed by atoms with E-state index in [1.54, 1.807) is 37.5 Å². The minimum atomic E-state index is -0.654. The van der Waals surface area contributed by atoms with Crippen LogP contribution in [0.5, 0.6) is 5.75 Å². The Kier molecular flexibility index (Phi) is 8.09. The number of benzene rings is 1. The Morgan fingerprint density at radius 2 is 1.77 bits per heavy atom. The fraction of sp³-hybridized carbons (Fsp3) is 0.542. The lowest BCUT2D eigenvalue weighted by Crippen LogP contribution is -2.54. The van der Waals surface area contributed by atoms with Crippen molar-refractivity contribution in [2.24, 2.45) is 11.8 Å². The monoisotopic (exact) mass is 427 g/mol. The third-order valence-corrected chi connectivity index (χ3v) is 6.37. The van der Waals surface area contributed by atoms with Crippen molar-refractivity contribution in [3.63, 3.8) is 0 Å². The average molecular weight is 428 g/mol. The van der Waals surface area contributed by atoms with Gasteiger partial charge in [-0.25, -0.2) is 0 Å². The summed E-state index contributed by atoms with van der Waals surface area (Å²) < 4.78 is 5.14. The number of amides is 3. The molecule has 1 aliphatic carbocycles. The SMILES string of the molecule is C=CCNC(=O)C(NC(=O)c1ccc(OC)cc1)C1CCN(C(=O)C2CCCC2)CC1. The fourth-order valence-electron chi connectivity index (χ4n) is 4.53. The van der Waals surface area contributed by atoms with E-state index in [1.165, 1.54) is 0 Å². The maximum Gasteiger partial charge on any atom is 0.251 e. The first kappa shape index (κ1) is 22.8. The van der Waals surface area contributed by atoms with Crippen molar-refractivity contribution in [3.8, 4) is 5.75 Å². The number of methoxy groups -OCH3 is 1. The number of ether oxygens (including phenoxy) is 1. The highest BCUT2D eigenvalue weighted by molar-refractivity contribution is 5.97. The molecule has 7 nitrogen and oxygen atoms in total. The number of hydrogen-bond acceptors (Lipinski definition) is 4. The molecule has 1 saturated heterocycles. The Balaban J connectivity index is 1.64. The molecule has 2 N–H and O–H groups in total. The maximum atomic E-state index is 12.8. The molecule has 1 atom stereocenters. The summed E-state index contributed by atoms with van der Waals surface area (Å²) in [6, 6.07) is 6.13. The molecule has 1 heterocycles. The standard InChI is InChI=1S/C24H33N3O4/c1-3-14-25-23(29)21(26-22(28)18-8-10-20(31-2)11-9-18)17-12-15-27(16-13-17)24(30)19-6-4-5-7-19/h3,8-11,17,19,21H,1,4-7,12-16H2,2H3,(H,25,29)(H,26,28). The van der Waals surface area contributed by atoms with Crippen LogP contribution in [0.15, 0.2) is 36.9 Å². The molecule has 0 spiro atoms. The van der Waals surface area contributed by atoms with Gasteiger partial charge < -0.3 is 20.3 Å². The van der Waals surface area contributed by atoms with Gasteiger partial charge in [-0.2, -0.15) is 0 Å². The predicted octanol–water partition coefficient (Wildman–Crippen LogP) is 2.52. The summed E-state index contributed by atoms with van der Waals surface area (Å²) in [5.74, 6) is 0.535. The van der Waals surface area contributed by atoms with Crippen molar-refractivity contribution < 1.29 is 19.1 Å². The van der Waals surface area contributed by atoms with Crippen LogP contribution < -0.4 is 15.4 Å². The lowest BCUT2D eigenvalue weighted by Gasteiger charge is -2.36. The minimum absolute atomic E-state index is 0.0281. The first-order valence-corrected chi connectivity index (χ1v) is 11.2. The van der Waals surface area contributed by atoms with E-state index < -0.39 is 6.04 Å². The van der Waals surface area contributed by atoms with E-state index >= 15 is 0 Å². The Morgan fingerprint density at radius 3 is 2.35 bits per heavy atom. The zero-order chi connectivity index (χ0) is 22.2. The number of carbonyl (C=O) groups excluding carboxylic acids is 3. The highest BCUT2D eigenvalue weighted by atomic mass is 16.5. The van der Waals surface area contributed by atoms with Gasteiger partial charge in [0.05, 0.1) is 7.11 Å². The largest absolute Gasteiger partial charge is 0.497 e. The van der Waals surface area contributed by atoms with Crippen LogP contribution in [-0.2, 0) is 9.59 Å². The topological polar surface area (TPSA) is 87.7 Å². The molecule has 0 bridgehead atoms. The molecule has 1 aliphatic heterocycles. The van der Waals surface area contributed by atoms with Gasteiger partial charge in [-0.15, -0.1) is 6.58 Å². The molecule has 168 valence electrons. The molecule has 2 fully saturated rings. The normalized spacial score (nSPS) is 18.3. The van der Waals surface area contributed by atoms with Gasteiger partial charge in [-0.05, 0) is 55.9 Å². The average Bonchev–Trinajstić information content (AvgIpc) is 3.35. The molecule has 3 amide bonds. The number of hydrogen-bond donors (Lipinski definition) is 2. The van der Waals surface area contributed by atoms with E-state index in [0.29, 0.717) is 43.8 Å². The molecule has 0 radical (unpaired) electrons.